The molecule has 1 aromatic rings. The van der Waals surface area contributed by atoms with Crippen LogP contribution in [0.5, 0.6) is 0 Å². The van der Waals surface area contributed by atoms with Gasteiger partial charge >= 0.3 is 0 Å². The van der Waals surface area contributed by atoms with Crippen LogP contribution in [0, 0.1) is 5.92 Å². The van der Waals surface area contributed by atoms with Gasteiger partial charge in [-0.25, -0.2) is 0 Å². The maximum absolute atomic E-state index is 11.8. The lowest BCUT2D eigenvalue weighted by Crippen LogP contribution is -2.14. The predicted molar refractivity (Wildman–Crippen MR) is 66.2 cm³/mol. The number of hydrogen-bond acceptors (Lipinski definition) is 3. The van der Waals surface area contributed by atoms with E-state index in [0.29, 0.717) is 24.5 Å². The highest BCUT2D eigenvalue weighted by atomic mass is 79.9. The minimum absolute atomic E-state index is 0.295. The zero-order chi connectivity index (χ0) is 11.4. The first kappa shape index (κ1) is 11.7. The Kier molecular flexibility index (Phi) is 4.07. The van der Waals surface area contributed by atoms with Crippen LogP contribution in [0.3, 0.4) is 0 Å². The predicted octanol–water partition coefficient (Wildman–Crippen LogP) is 1.96. The van der Waals surface area contributed by atoms with Crippen molar-refractivity contribution in [2.45, 2.75) is 19.3 Å². The van der Waals surface area contributed by atoms with E-state index in [9.17, 15) is 4.79 Å². The van der Waals surface area contributed by atoms with Gasteiger partial charge in [0.25, 0.3) is 0 Å². The van der Waals surface area contributed by atoms with Crippen molar-refractivity contribution in [1.29, 1.82) is 0 Å². The van der Waals surface area contributed by atoms with Gasteiger partial charge in [0.15, 0.2) is 0 Å². The number of carbonyl (C=O) groups is 1. The van der Waals surface area contributed by atoms with E-state index < -0.39 is 0 Å². The molecule has 0 radical (unpaired) electrons. The number of nitrogens with zero attached hydrogens (tertiary/aromatic N) is 1. The average molecular weight is 283 g/mol. The standard InChI is InChI=1S/C12H15BrN2O/c13-10-1-2-11(15-8-10)6-12(16)5-9-3-4-14-7-9/h1-2,8-9,14H,3-7H2. The first-order valence-electron chi connectivity index (χ1n) is 5.57. The van der Waals surface area contributed by atoms with Crippen LogP contribution < -0.4 is 5.32 Å². The molecule has 86 valence electrons. The molecule has 1 aliphatic rings. The minimum atomic E-state index is 0.295. The monoisotopic (exact) mass is 282 g/mol. The molecule has 0 amide bonds. The number of aromatic nitrogens is 1. The number of ketones is 1. The van der Waals surface area contributed by atoms with Gasteiger partial charge in [0, 0.05) is 29.2 Å². The zero-order valence-electron chi connectivity index (χ0n) is 9.08. The highest BCUT2D eigenvalue weighted by molar-refractivity contribution is 9.10. The van der Waals surface area contributed by atoms with Crippen molar-refractivity contribution in [1.82, 2.24) is 10.3 Å². The summed E-state index contributed by atoms with van der Waals surface area (Å²) in [6.07, 6.45) is 4.01. The van der Waals surface area contributed by atoms with Crippen molar-refractivity contribution in [3.8, 4) is 0 Å². The van der Waals surface area contributed by atoms with Crippen LogP contribution in [-0.4, -0.2) is 23.9 Å². The van der Waals surface area contributed by atoms with E-state index in [1.165, 1.54) is 0 Å². The van der Waals surface area contributed by atoms with Gasteiger partial charge in [-0.3, -0.25) is 9.78 Å². The summed E-state index contributed by atoms with van der Waals surface area (Å²) in [4.78, 5) is 16.0. The van der Waals surface area contributed by atoms with E-state index >= 15 is 0 Å². The number of rotatable bonds is 4. The zero-order valence-corrected chi connectivity index (χ0v) is 10.7. The largest absolute Gasteiger partial charge is 0.316 e. The molecule has 1 aliphatic heterocycles. The number of carbonyl (C=O) groups excluding carboxylic acids is 1. The van der Waals surface area contributed by atoms with Gasteiger partial charge < -0.3 is 5.32 Å². The first-order valence-corrected chi connectivity index (χ1v) is 6.36. The van der Waals surface area contributed by atoms with Crippen LogP contribution in [0.1, 0.15) is 18.5 Å². The molecular formula is C12H15BrN2O. The molecular weight excluding hydrogens is 268 g/mol. The molecule has 1 saturated heterocycles. The van der Waals surface area contributed by atoms with E-state index in [1.807, 2.05) is 12.1 Å². The Morgan fingerprint density at radius 1 is 1.56 bits per heavy atom. The molecule has 2 rings (SSSR count). The van der Waals surface area contributed by atoms with Crippen LogP contribution in [0.2, 0.25) is 0 Å². The quantitative estimate of drug-likeness (QED) is 0.918. The lowest BCUT2D eigenvalue weighted by Gasteiger charge is -2.06. The average Bonchev–Trinajstić information content (AvgIpc) is 2.74. The second kappa shape index (κ2) is 5.55. The molecule has 1 N–H and O–H groups in total. The van der Waals surface area contributed by atoms with Crippen molar-refractivity contribution < 1.29 is 4.79 Å². The van der Waals surface area contributed by atoms with Crippen LogP contribution in [0.15, 0.2) is 22.8 Å². The summed E-state index contributed by atoms with van der Waals surface area (Å²) in [6, 6.07) is 3.82. The fourth-order valence-corrected chi connectivity index (χ4v) is 2.23. The van der Waals surface area contributed by atoms with E-state index in [-0.39, 0.29) is 0 Å². The third-order valence-electron chi connectivity index (χ3n) is 2.85. The number of hydrogen-bond donors (Lipinski definition) is 1. The normalized spacial score (nSPS) is 19.9. The van der Waals surface area contributed by atoms with Gasteiger partial charge in [-0.15, -0.1) is 0 Å². The molecule has 0 saturated carbocycles. The Morgan fingerprint density at radius 2 is 2.44 bits per heavy atom. The minimum Gasteiger partial charge on any atom is -0.316 e. The van der Waals surface area contributed by atoms with Crippen molar-refractivity contribution in [3.05, 3.63) is 28.5 Å². The summed E-state index contributed by atoms with van der Waals surface area (Å²) in [5, 5.41) is 3.27. The Balaban J connectivity index is 1.84. The van der Waals surface area contributed by atoms with E-state index in [0.717, 1.165) is 29.7 Å². The number of nitrogens with one attached hydrogen (secondary N) is 1. The molecule has 4 heteroatoms. The third kappa shape index (κ3) is 3.39. The first-order chi connectivity index (χ1) is 7.74. The summed E-state index contributed by atoms with van der Waals surface area (Å²) in [5.74, 6) is 0.825. The fourth-order valence-electron chi connectivity index (χ4n) is 2.00. The molecule has 3 nitrogen and oxygen atoms in total. The maximum Gasteiger partial charge on any atom is 0.139 e. The molecule has 1 atom stereocenters. The second-order valence-corrected chi connectivity index (χ2v) is 5.16. The van der Waals surface area contributed by atoms with E-state index in [1.54, 1.807) is 6.20 Å². The van der Waals surface area contributed by atoms with Gasteiger partial charge in [0.1, 0.15) is 5.78 Å². The molecule has 2 heterocycles. The number of pyridine rings is 1. The summed E-state index contributed by atoms with van der Waals surface area (Å²) >= 11 is 3.33. The summed E-state index contributed by atoms with van der Waals surface area (Å²) in [7, 11) is 0. The Labute approximate surface area is 104 Å². The molecule has 1 aromatic heterocycles. The van der Waals surface area contributed by atoms with Crippen LogP contribution in [0.25, 0.3) is 0 Å². The van der Waals surface area contributed by atoms with Gasteiger partial charge in [0.05, 0.1) is 0 Å². The Bertz CT molecular complexity index is 358. The van der Waals surface area contributed by atoms with Gasteiger partial charge in [-0.2, -0.15) is 0 Å². The van der Waals surface area contributed by atoms with Crippen molar-refractivity contribution in [2.24, 2.45) is 5.92 Å². The molecule has 0 aromatic carbocycles. The van der Waals surface area contributed by atoms with Gasteiger partial charge in [-0.05, 0) is 53.5 Å². The highest BCUT2D eigenvalue weighted by Gasteiger charge is 2.18. The smallest absolute Gasteiger partial charge is 0.139 e. The molecule has 1 unspecified atom stereocenters. The number of halogens is 1. The lowest BCUT2D eigenvalue weighted by molar-refractivity contribution is -0.119. The molecule has 0 bridgehead atoms. The van der Waals surface area contributed by atoms with Crippen molar-refractivity contribution in [2.75, 3.05) is 13.1 Å². The summed E-state index contributed by atoms with van der Waals surface area (Å²) in [6.45, 7) is 2.04. The van der Waals surface area contributed by atoms with Gasteiger partial charge in [-0.1, -0.05) is 0 Å². The fraction of sp³-hybridized carbons (Fsp3) is 0.500. The summed E-state index contributed by atoms with van der Waals surface area (Å²) in [5.41, 5.74) is 0.860. The van der Waals surface area contributed by atoms with Crippen LogP contribution >= 0.6 is 15.9 Å². The van der Waals surface area contributed by atoms with Gasteiger partial charge in [0.2, 0.25) is 0 Å². The Hall–Kier alpha value is -0.740. The number of Topliss-reactive ketones (excluding diaryl/α,β-unsaturated/α-hetero) is 1. The Morgan fingerprint density at radius 3 is 3.06 bits per heavy atom. The van der Waals surface area contributed by atoms with E-state index in [2.05, 4.69) is 26.2 Å². The second-order valence-electron chi connectivity index (χ2n) is 4.25. The van der Waals surface area contributed by atoms with Crippen molar-refractivity contribution in [3.63, 3.8) is 0 Å². The highest BCUT2D eigenvalue weighted by Crippen LogP contribution is 2.14. The molecule has 1 fully saturated rings. The topological polar surface area (TPSA) is 42.0 Å². The molecule has 0 aliphatic carbocycles. The molecule has 0 spiro atoms. The lowest BCUT2D eigenvalue weighted by atomic mass is 9.99. The van der Waals surface area contributed by atoms with Crippen LogP contribution in [-0.2, 0) is 11.2 Å². The maximum atomic E-state index is 11.8. The van der Waals surface area contributed by atoms with E-state index in [4.69, 9.17) is 0 Å². The van der Waals surface area contributed by atoms with Crippen molar-refractivity contribution >= 4 is 21.7 Å². The third-order valence-corrected chi connectivity index (χ3v) is 3.31. The SMILES string of the molecule is O=C(Cc1ccc(Br)cn1)CC1CCNC1. The summed E-state index contributed by atoms with van der Waals surface area (Å²) < 4.78 is 0.948. The van der Waals surface area contributed by atoms with Crippen LogP contribution in [0.4, 0.5) is 0 Å². The molecule has 16 heavy (non-hydrogen) atoms.